The Morgan fingerprint density at radius 2 is 1.97 bits per heavy atom. The van der Waals surface area contributed by atoms with E-state index in [0.29, 0.717) is 6.42 Å². The molecule has 0 bridgehead atoms. The van der Waals surface area contributed by atoms with E-state index >= 15 is 0 Å². The molecular weight excluding hydrogens is 441 g/mol. The number of rotatable bonds is 13. The highest BCUT2D eigenvalue weighted by Crippen LogP contribution is 2.52. The van der Waals surface area contributed by atoms with Gasteiger partial charge in [0.05, 0.1) is 33.6 Å². The average Bonchev–Trinajstić information content (AvgIpc) is 2.73. The molecule has 1 rings (SSSR count). The van der Waals surface area contributed by atoms with Gasteiger partial charge in [0, 0.05) is 38.7 Å². The molecule has 0 spiro atoms. The smallest absolute Gasteiger partial charge is 0.353 e. The van der Waals surface area contributed by atoms with Gasteiger partial charge in [-0.2, -0.15) is 5.26 Å². The lowest BCUT2D eigenvalue weighted by Crippen LogP contribution is -2.52. The van der Waals surface area contributed by atoms with Crippen molar-refractivity contribution in [2.45, 2.75) is 70.1 Å². The second-order valence-corrected chi connectivity index (χ2v) is 11.3. The van der Waals surface area contributed by atoms with Gasteiger partial charge >= 0.3 is 7.60 Å². The molecule has 0 amide bonds. The van der Waals surface area contributed by atoms with Crippen LogP contribution in [0.3, 0.4) is 0 Å². The number of aliphatic hydroxyl groups excluding tert-OH is 1. The van der Waals surface area contributed by atoms with Gasteiger partial charge in [0.1, 0.15) is 11.7 Å². The van der Waals surface area contributed by atoms with Gasteiger partial charge in [-0.3, -0.25) is 4.57 Å². The van der Waals surface area contributed by atoms with Crippen molar-refractivity contribution in [2.75, 3.05) is 34.0 Å². The molecule has 2 radical (unpaired) electrons. The minimum Gasteiger partial charge on any atom is -0.393 e. The van der Waals surface area contributed by atoms with Gasteiger partial charge in [-0.25, -0.2) is 4.67 Å². The third-order valence-corrected chi connectivity index (χ3v) is 8.47. The van der Waals surface area contributed by atoms with Crippen LogP contribution in [-0.2, 0) is 27.4 Å². The van der Waals surface area contributed by atoms with Gasteiger partial charge in [0.2, 0.25) is 0 Å². The van der Waals surface area contributed by atoms with Gasteiger partial charge < -0.3 is 27.9 Å². The molecule has 0 saturated carbocycles. The van der Waals surface area contributed by atoms with Gasteiger partial charge in [0.15, 0.2) is 0 Å². The zero-order valence-corrected chi connectivity index (χ0v) is 21.1. The molecule has 1 aliphatic heterocycles. The summed E-state index contributed by atoms with van der Waals surface area (Å²) in [5.74, 6) is 0.954. The number of aliphatic hydroxyl groups is 1. The molecule has 1 fully saturated rings. The average molecular weight is 476 g/mol. The summed E-state index contributed by atoms with van der Waals surface area (Å²) in [6, 6.07) is 2.27. The van der Waals surface area contributed by atoms with Crippen molar-refractivity contribution in [1.29, 1.82) is 5.26 Å². The maximum absolute atomic E-state index is 12.5. The molecule has 1 aliphatic rings. The Bertz CT molecular complexity index is 646. The molecule has 0 aromatic carbocycles. The van der Waals surface area contributed by atoms with E-state index < -0.39 is 34.4 Å². The molecule has 31 heavy (non-hydrogen) atoms. The van der Waals surface area contributed by atoms with E-state index in [-0.39, 0.29) is 37.5 Å². The van der Waals surface area contributed by atoms with Crippen LogP contribution in [0.2, 0.25) is 5.82 Å². The van der Waals surface area contributed by atoms with Crippen LogP contribution < -0.4 is 0 Å². The summed E-state index contributed by atoms with van der Waals surface area (Å²) in [6.07, 6.45) is 1.39. The summed E-state index contributed by atoms with van der Waals surface area (Å²) in [6.45, 7) is 8.09. The van der Waals surface area contributed by atoms with Crippen LogP contribution in [0.25, 0.3) is 0 Å². The van der Waals surface area contributed by atoms with Crippen molar-refractivity contribution >= 4 is 24.0 Å². The van der Waals surface area contributed by atoms with Crippen molar-refractivity contribution in [1.82, 2.24) is 4.67 Å². The van der Waals surface area contributed by atoms with E-state index in [1.54, 1.807) is 0 Å². The van der Waals surface area contributed by atoms with Crippen molar-refractivity contribution < 1.29 is 32.5 Å². The Kier molecular flexibility index (Phi) is 12.4. The minimum atomic E-state index is -3.48. The molecule has 0 aliphatic carbocycles. The summed E-state index contributed by atoms with van der Waals surface area (Å²) < 4.78 is 42.8. The molecule has 0 aromatic rings. The lowest BCUT2D eigenvalue weighted by molar-refractivity contribution is -0.138. The minimum absolute atomic E-state index is 0.104. The highest BCUT2D eigenvalue weighted by molar-refractivity contribution is 7.57. The Hall–Kier alpha value is -0.325. The second-order valence-electron chi connectivity index (χ2n) is 7.78. The van der Waals surface area contributed by atoms with Crippen LogP contribution in [0.15, 0.2) is 11.9 Å². The first kappa shape index (κ1) is 28.7. The molecule has 176 valence electrons. The van der Waals surface area contributed by atoms with E-state index in [0.717, 1.165) is 0 Å². The van der Waals surface area contributed by atoms with Crippen molar-refractivity contribution in [3.05, 3.63) is 11.9 Å². The predicted octanol–water partition coefficient (Wildman–Crippen LogP) is 3.76. The van der Waals surface area contributed by atoms with Gasteiger partial charge in [0.25, 0.3) is 8.53 Å². The molecule has 12 heteroatoms. The largest absolute Gasteiger partial charge is 0.393 e. The van der Waals surface area contributed by atoms with E-state index in [4.69, 9.17) is 35.9 Å². The number of hydrogen-bond donors (Lipinski definition) is 1. The van der Waals surface area contributed by atoms with E-state index in [2.05, 4.69) is 10.7 Å². The van der Waals surface area contributed by atoms with E-state index in [1.165, 1.54) is 26.1 Å². The summed E-state index contributed by atoms with van der Waals surface area (Å²) in [4.78, 5) is 0. The topological polar surface area (TPSA) is 110 Å². The fourth-order valence-corrected chi connectivity index (χ4v) is 5.82. The van der Waals surface area contributed by atoms with Crippen molar-refractivity contribution in [3.8, 4) is 6.07 Å². The lowest BCUT2D eigenvalue weighted by atomic mass is 9.77. The molecule has 1 N–H and O–H groups in total. The SMILES string of the molecule is [B][C@@H]1CO[C@@](/C=C/P(=O)(OC)OC)(CO)[C@@H](OP(OCCC#N)N(C(C)C)C(C)C)C1. The molecule has 1 saturated heterocycles. The summed E-state index contributed by atoms with van der Waals surface area (Å²) in [5, 5.41) is 19.2. The van der Waals surface area contributed by atoms with Gasteiger partial charge in [-0.05, 0) is 40.2 Å². The molecule has 9 nitrogen and oxygen atoms in total. The molecule has 1 unspecified atom stereocenters. The number of nitriles is 1. The molecule has 4 atom stereocenters. The second kappa shape index (κ2) is 13.4. The van der Waals surface area contributed by atoms with Crippen LogP contribution in [0.1, 0.15) is 40.5 Å². The van der Waals surface area contributed by atoms with Crippen molar-refractivity contribution in [3.63, 3.8) is 0 Å². The van der Waals surface area contributed by atoms with E-state index in [1.807, 2.05) is 27.7 Å². The maximum atomic E-state index is 12.5. The van der Waals surface area contributed by atoms with Crippen LogP contribution in [0.4, 0.5) is 0 Å². The third-order valence-electron chi connectivity index (χ3n) is 4.80. The Balaban J connectivity index is 3.28. The zero-order valence-electron chi connectivity index (χ0n) is 19.3. The Morgan fingerprint density at radius 3 is 2.45 bits per heavy atom. The number of nitrogens with zero attached hydrogens (tertiary/aromatic N) is 2. The normalized spacial score (nSPS) is 26.1. The summed E-state index contributed by atoms with van der Waals surface area (Å²) >= 11 is 0. The molecule has 0 aromatic heterocycles. The first-order valence-electron chi connectivity index (χ1n) is 10.2. The Morgan fingerprint density at radius 1 is 1.35 bits per heavy atom. The highest BCUT2D eigenvalue weighted by Gasteiger charge is 2.46. The number of hydrogen-bond acceptors (Lipinski definition) is 9. The monoisotopic (exact) mass is 476 g/mol. The predicted molar refractivity (Wildman–Crippen MR) is 121 cm³/mol. The number of ether oxygens (including phenoxy) is 1. The molecular formula is C19H35BN2O7P2. The highest BCUT2D eigenvalue weighted by atomic mass is 31.2. The van der Waals surface area contributed by atoms with Crippen LogP contribution in [-0.4, -0.2) is 75.5 Å². The lowest BCUT2D eigenvalue weighted by Gasteiger charge is -2.46. The van der Waals surface area contributed by atoms with Gasteiger partial charge in [-0.15, -0.1) is 0 Å². The summed E-state index contributed by atoms with van der Waals surface area (Å²) in [5.41, 5.74) is -1.30. The third kappa shape index (κ3) is 8.19. The fraction of sp³-hybridized carbons (Fsp3) is 0.842. The van der Waals surface area contributed by atoms with Crippen LogP contribution in [0, 0.1) is 11.3 Å². The fourth-order valence-electron chi connectivity index (χ4n) is 3.20. The first-order chi connectivity index (χ1) is 14.6. The van der Waals surface area contributed by atoms with Crippen molar-refractivity contribution in [2.24, 2.45) is 0 Å². The summed E-state index contributed by atoms with van der Waals surface area (Å²) in [7, 11) is 3.59. The zero-order chi connectivity index (χ0) is 23.7. The standard InChI is InChI=1S/C19H35BN2O7P2/c1-15(2)22(16(3)4)30(28-10-7-9-21)29-18-12-17(20)13-27-19(18,14-23)8-11-31(24,25-5)26-6/h8,11,15-18,23H,7,10,12-14H2,1-6H3/b11-8+/t17-,18-,19-,30?/m0/s1. The quantitative estimate of drug-likeness (QED) is 0.241. The van der Waals surface area contributed by atoms with Gasteiger partial charge in [-0.1, -0.05) is 5.82 Å². The van der Waals surface area contributed by atoms with E-state index in [9.17, 15) is 9.67 Å². The van der Waals surface area contributed by atoms with Crippen LogP contribution >= 0.6 is 16.1 Å². The Labute approximate surface area is 188 Å². The van der Waals surface area contributed by atoms with Crippen LogP contribution in [0.5, 0.6) is 0 Å². The maximum Gasteiger partial charge on any atom is 0.353 e. The first-order valence-corrected chi connectivity index (χ1v) is 13.0. The molecule has 1 heterocycles.